The van der Waals surface area contributed by atoms with Crippen molar-refractivity contribution in [3.63, 3.8) is 0 Å². The maximum absolute atomic E-state index is 12.4. The Labute approximate surface area is 118 Å². The van der Waals surface area contributed by atoms with Gasteiger partial charge in [0.05, 0.1) is 0 Å². The third kappa shape index (κ3) is 2.49. The zero-order valence-corrected chi connectivity index (χ0v) is 11.7. The van der Waals surface area contributed by atoms with Gasteiger partial charge in [0.1, 0.15) is 0 Å². The Morgan fingerprint density at radius 2 is 2.32 bits per heavy atom. The van der Waals surface area contributed by atoms with Crippen LogP contribution in [0.5, 0.6) is 0 Å². The molecule has 19 heavy (non-hydrogen) atoms. The first kappa shape index (κ1) is 12.9. The van der Waals surface area contributed by atoms with Gasteiger partial charge >= 0.3 is 0 Å². The van der Waals surface area contributed by atoms with E-state index in [4.69, 9.17) is 11.6 Å². The SMILES string of the molecule is O=C1c2ccc(CCCl)cc2CN1C1CCCNC1. The molecular formula is C15H19ClN2O. The second kappa shape index (κ2) is 5.51. The van der Waals surface area contributed by atoms with Crippen molar-refractivity contribution in [2.45, 2.75) is 31.8 Å². The summed E-state index contributed by atoms with van der Waals surface area (Å²) in [6, 6.07) is 6.49. The molecule has 0 aliphatic carbocycles. The fourth-order valence-corrected chi connectivity index (χ4v) is 3.27. The predicted molar refractivity (Wildman–Crippen MR) is 76.6 cm³/mol. The summed E-state index contributed by atoms with van der Waals surface area (Å²) in [4.78, 5) is 14.5. The Balaban J connectivity index is 1.80. The number of carbonyl (C=O) groups excluding carboxylic acids is 1. The number of carbonyl (C=O) groups is 1. The van der Waals surface area contributed by atoms with E-state index in [9.17, 15) is 4.79 Å². The molecule has 3 rings (SSSR count). The molecule has 0 saturated carbocycles. The molecule has 0 spiro atoms. The molecule has 1 atom stereocenters. The number of nitrogens with zero attached hydrogens (tertiary/aromatic N) is 1. The van der Waals surface area contributed by atoms with Crippen molar-refractivity contribution < 1.29 is 4.79 Å². The molecule has 4 heteroatoms. The van der Waals surface area contributed by atoms with Gasteiger partial charge in [-0.25, -0.2) is 0 Å². The summed E-state index contributed by atoms with van der Waals surface area (Å²) in [5.74, 6) is 0.823. The number of aryl methyl sites for hydroxylation is 1. The molecule has 3 nitrogen and oxygen atoms in total. The number of hydrogen-bond donors (Lipinski definition) is 1. The molecule has 102 valence electrons. The molecule has 1 unspecified atom stereocenters. The molecule has 1 fully saturated rings. The molecule has 1 N–H and O–H groups in total. The maximum Gasteiger partial charge on any atom is 0.254 e. The molecule has 1 aromatic carbocycles. The molecule has 0 bridgehead atoms. The first-order chi connectivity index (χ1) is 9.29. The third-order valence-corrected chi connectivity index (χ3v) is 4.29. The summed E-state index contributed by atoms with van der Waals surface area (Å²) in [5, 5.41) is 3.38. The van der Waals surface area contributed by atoms with E-state index in [-0.39, 0.29) is 5.91 Å². The Hall–Kier alpha value is -1.06. The summed E-state index contributed by atoms with van der Waals surface area (Å²) < 4.78 is 0. The molecular weight excluding hydrogens is 260 g/mol. The predicted octanol–water partition coefficient (Wildman–Crippen LogP) is 2.18. The van der Waals surface area contributed by atoms with Crippen LogP contribution in [-0.4, -0.2) is 35.8 Å². The van der Waals surface area contributed by atoms with Gasteiger partial charge in [0, 0.05) is 30.6 Å². The first-order valence-corrected chi connectivity index (χ1v) is 7.52. The fraction of sp³-hybridized carbons (Fsp3) is 0.533. The van der Waals surface area contributed by atoms with Crippen molar-refractivity contribution in [3.05, 3.63) is 34.9 Å². The van der Waals surface area contributed by atoms with Gasteiger partial charge in [-0.3, -0.25) is 4.79 Å². The number of fused-ring (bicyclic) bond motifs is 1. The Morgan fingerprint density at radius 3 is 3.05 bits per heavy atom. The van der Waals surface area contributed by atoms with Crippen LogP contribution in [0.4, 0.5) is 0 Å². The largest absolute Gasteiger partial charge is 0.330 e. The normalized spacial score (nSPS) is 22.7. The summed E-state index contributed by atoms with van der Waals surface area (Å²) in [6.07, 6.45) is 3.14. The summed E-state index contributed by atoms with van der Waals surface area (Å²) >= 11 is 5.78. The van der Waals surface area contributed by atoms with E-state index < -0.39 is 0 Å². The number of alkyl halides is 1. The van der Waals surface area contributed by atoms with E-state index >= 15 is 0 Å². The monoisotopic (exact) mass is 278 g/mol. The van der Waals surface area contributed by atoms with E-state index in [0.29, 0.717) is 11.9 Å². The van der Waals surface area contributed by atoms with E-state index in [1.807, 2.05) is 17.0 Å². The number of halogens is 1. The molecule has 2 aliphatic rings. The van der Waals surface area contributed by atoms with Crippen LogP contribution in [-0.2, 0) is 13.0 Å². The average molecular weight is 279 g/mol. The topological polar surface area (TPSA) is 32.3 Å². The smallest absolute Gasteiger partial charge is 0.254 e. The van der Waals surface area contributed by atoms with Crippen LogP contribution in [0.3, 0.4) is 0 Å². The minimum absolute atomic E-state index is 0.195. The van der Waals surface area contributed by atoms with E-state index in [1.165, 1.54) is 5.56 Å². The highest BCUT2D eigenvalue weighted by Gasteiger charge is 2.33. The van der Waals surface area contributed by atoms with Crippen LogP contribution in [0.1, 0.15) is 34.3 Å². The van der Waals surface area contributed by atoms with Crippen molar-refractivity contribution >= 4 is 17.5 Å². The van der Waals surface area contributed by atoms with E-state index in [0.717, 1.165) is 50.0 Å². The van der Waals surface area contributed by atoms with E-state index in [2.05, 4.69) is 11.4 Å². The number of amides is 1. The van der Waals surface area contributed by atoms with Crippen molar-refractivity contribution in [2.75, 3.05) is 19.0 Å². The lowest BCUT2D eigenvalue weighted by molar-refractivity contribution is 0.0674. The van der Waals surface area contributed by atoms with Crippen LogP contribution in [0.15, 0.2) is 18.2 Å². The summed E-state index contributed by atoms with van der Waals surface area (Å²) in [7, 11) is 0. The minimum atomic E-state index is 0.195. The number of benzene rings is 1. The van der Waals surface area contributed by atoms with Gasteiger partial charge < -0.3 is 10.2 Å². The first-order valence-electron chi connectivity index (χ1n) is 6.99. The van der Waals surface area contributed by atoms with Gasteiger partial charge in [-0.15, -0.1) is 11.6 Å². The van der Waals surface area contributed by atoms with Crippen molar-refractivity contribution in [2.24, 2.45) is 0 Å². The van der Waals surface area contributed by atoms with Crippen molar-refractivity contribution in [1.29, 1.82) is 0 Å². The number of piperidine rings is 1. The fourth-order valence-electron chi connectivity index (χ4n) is 3.06. The average Bonchev–Trinajstić information content (AvgIpc) is 2.77. The third-order valence-electron chi connectivity index (χ3n) is 4.10. The van der Waals surface area contributed by atoms with Gasteiger partial charge in [0.15, 0.2) is 0 Å². The highest BCUT2D eigenvalue weighted by atomic mass is 35.5. The second-order valence-corrected chi connectivity index (χ2v) is 5.74. The number of nitrogens with one attached hydrogen (secondary N) is 1. The summed E-state index contributed by atoms with van der Waals surface area (Å²) in [6.45, 7) is 2.76. The summed E-state index contributed by atoms with van der Waals surface area (Å²) in [5.41, 5.74) is 3.27. The molecule has 1 aromatic rings. The second-order valence-electron chi connectivity index (χ2n) is 5.36. The van der Waals surface area contributed by atoms with Crippen molar-refractivity contribution in [1.82, 2.24) is 10.2 Å². The van der Waals surface area contributed by atoms with Crippen LogP contribution >= 0.6 is 11.6 Å². The molecule has 2 heterocycles. The standard InChI is InChI=1S/C15H19ClN2O/c16-6-5-11-3-4-14-12(8-11)10-18(15(14)19)13-2-1-7-17-9-13/h3-4,8,13,17H,1-2,5-7,9-10H2. The van der Waals surface area contributed by atoms with Crippen molar-refractivity contribution in [3.8, 4) is 0 Å². The molecule has 1 amide bonds. The Bertz CT molecular complexity index is 483. The Kier molecular flexibility index (Phi) is 3.76. The number of rotatable bonds is 3. The van der Waals surface area contributed by atoms with Gasteiger partial charge in [0.25, 0.3) is 5.91 Å². The zero-order valence-electron chi connectivity index (χ0n) is 11.0. The highest BCUT2D eigenvalue weighted by molar-refractivity contribution is 6.18. The van der Waals surface area contributed by atoms with Gasteiger partial charge in [-0.2, -0.15) is 0 Å². The van der Waals surface area contributed by atoms with Crippen LogP contribution in [0, 0.1) is 0 Å². The quantitative estimate of drug-likeness (QED) is 0.860. The lowest BCUT2D eigenvalue weighted by atomic mass is 10.0. The Morgan fingerprint density at radius 1 is 1.42 bits per heavy atom. The highest BCUT2D eigenvalue weighted by Crippen LogP contribution is 2.27. The zero-order chi connectivity index (χ0) is 13.2. The van der Waals surface area contributed by atoms with Crippen LogP contribution in [0.25, 0.3) is 0 Å². The maximum atomic E-state index is 12.4. The van der Waals surface area contributed by atoms with Gasteiger partial charge in [-0.1, -0.05) is 12.1 Å². The lowest BCUT2D eigenvalue weighted by Gasteiger charge is -2.31. The molecule has 0 radical (unpaired) electrons. The van der Waals surface area contributed by atoms with E-state index in [1.54, 1.807) is 0 Å². The van der Waals surface area contributed by atoms with Gasteiger partial charge in [-0.05, 0) is 43.0 Å². The molecule has 0 aromatic heterocycles. The van der Waals surface area contributed by atoms with Crippen LogP contribution in [0.2, 0.25) is 0 Å². The molecule has 1 saturated heterocycles. The van der Waals surface area contributed by atoms with Gasteiger partial charge in [0.2, 0.25) is 0 Å². The molecule has 2 aliphatic heterocycles. The number of hydrogen-bond acceptors (Lipinski definition) is 2. The van der Waals surface area contributed by atoms with Crippen LogP contribution < -0.4 is 5.32 Å². The lowest BCUT2D eigenvalue weighted by Crippen LogP contribution is -2.46. The minimum Gasteiger partial charge on any atom is -0.330 e.